The molecule has 0 bridgehead atoms. The van der Waals surface area contributed by atoms with Crippen LogP contribution < -0.4 is 0 Å². The summed E-state index contributed by atoms with van der Waals surface area (Å²) in [6, 6.07) is 46.8. The van der Waals surface area contributed by atoms with Gasteiger partial charge in [-0.1, -0.05) is 142 Å². The Balaban J connectivity index is 1.47. The summed E-state index contributed by atoms with van der Waals surface area (Å²) in [6.45, 7) is 13.0. The molecule has 45 heavy (non-hydrogen) atoms. The number of fused-ring (bicyclic) bond motifs is 6. The van der Waals surface area contributed by atoms with Crippen LogP contribution in [-0.2, 0) is 5.41 Å². The number of nitrogens with zero attached hydrogens (tertiary/aromatic N) is 1. The standard InChI is InChI=1S/C44H33N/c1-5-45-27-28(2)42-36-17-8-9-18-37(36)43(31-22-23-35-34-16-10-11-20-40(34)44(3,4)41(35)26-31)39-25-30(21-24-38(39)42)33-19-12-14-29-13-6-7-15-32(29)33/h5-27H,1-2H2,3-4H3/b45-27-. The van der Waals surface area contributed by atoms with Crippen LogP contribution >= 0.6 is 0 Å². The Morgan fingerprint density at radius 2 is 1.22 bits per heavy atom. The van der Waals surface area contributed by atoms with Crippen molar-refractivity contribution in [3.05, 3.63) is 163 Å². The molecule has 0 amide bonds. The van der Waals surface area contributed by atoms with E-state index in [2.05, 4.69) is 159 Å². The average Bonchev–Trinajstić information content (AvgIpc) is 3.31. The minimum atomic E-state index is -0.0863. The van der Waals surface area contributed by atoms with Crippen molar-refractivity contribution in [3.8, 4) is 33.4 Å². The van der Waals surface area contributed by atoms with Gasteiger partial charge in [-0.25, -0.2) is 0 Å². The molecule has 0 spiro atoms. The highest BCUT2D eigenvalue weighted by molar-refractivity contribution is 6.26. The van der Waals surface area contributed by atoms with Gasteiger partial charge in [0.25, 0.3) is 0 Å². The van der Waals surface area contributed by atoms with Gasteiger partial charge in [0.1, 0.15) is 0 Å². The van der Waals surface area contributed by atoms with E-state index >= 15 is 0 Å². The van der Waals surface area contributed by atoms with E-state index in [1.807, 2.05) is 6.21 Å². The third-order valence-corrected chi connectivity index (χ3v) is 9.65. The Bertz CT molecular complexity index is 2380. The van der Waals surface area contributed by atoms with Gasteiger partial charge in [0.15, 0.2) is 0 Å². The monoisotopic (exact) mass is 575 g/mol. The summed E-state index contributed by atoms with van der Waals surface area (Å²) in [4.78, 5) is 4.36. The first-order chi connectivity index (χ1) is 22.0. The van der Waals surface area contributed by atoms with Crippen LogP contribution in [-0.4, -0.2) is 6.21 Å². The lowest BCUT2D eigenvalue weighted by atomic mass is 9.80. The van der Waals surface area contributed by atoms with Crippen molar-refractivity contribution in [3.63, 3.8) is 0 Å². The summed E-state index contributed by atoms with van der Waals surface area (Å²) in [5, 5.41) is 7.23. The van der Waals surface area contributed by atoms with Gasteiger partial charge in [0, 0.05) is 17.8 Å². The maximum absolute atomic E-state index is 4.48. The molecule has 1 aliphatic carbocycles. The van der Waals surface area contributed by atoms with Crippen LogP contribution in [0.4, 0.5) is 0 Å². The van der Waals surface area contributed by atoms with E-state index < -0.39 is 0 Å². The Morgan fingerprint density at radius 3 is 2.07 bits per heavy atom. The summed E-state index contributed by atoms with van der Waals surface area (Å²) in [5.74, 6) is 0. The number of allylic oxidation sites excluding steroid dienone is 1. The summed E-state index contributed by atoms with van der Waals surface area (Å²) in [7, 11) is 0. The second kappa shape index (κ2) is 10.3. The minimum Gasteiger partial charge on any atom is -0.265 e. The van der Waals surface area contributed by atoms with E-state index in [0.717, 1.165) is 16.5 Å². The molecule has 0 heterocycles. The zero-order valence-electron chi connectivity index (χ0n) is 25.6. The first-order valence-corrected chi connectivity index (χ1v) is 15.5. The number of benzene rings is 7. The molecule has 0 saturated carbocycles. The van der Waals surface area contributed by atoms with Gasteiger partial charge in [0.05, 0.1) is 0 Å². The highest BCUT2D eigenvalue weighted by Gasteiger charge is 2.35. The van der Waals surface area contributed by atoms with Gasteiger partial charge in [-0.3, -0.25) is 4.99 Å². The van der Waals surface area contributed by atoms with Gasteiger partial charge in [0.2, 0.25) is 0 Å². The van der Waals surface area contributed by atoms with E-state index in [1.165, 1.54) is 71.4 Å². The average molecular weight is 576 g/mol. The molecule has 0 radical (unpaired) electrons. The van der Waals surface area contributed by atoms with Crippen molar-refractivity contribution in [2.24, 2.45) is 4.99 Å². The molecular formula is C44H33N. The first-order valence-electron chi connectivity index (χ1n) is 15.5. The third kappa shape index (κ3) is 4.12. The van der Waals surface area contributed by atoms with E-state index in [9.17, 15) is 0 Å². The molecule has 214 valence electrons. The van der Waals surface area contributed by atoms with Crippen LogP contribution in [0.5, 0.6) is 0 Å². The molecule has 0 N–H and O–H groups in total. The Labute approximate surface area is 264 Å². The van der Waals surface area contributed by atoms with Gasteiger partial charge in [-0.2, -0.15) is 0 Å². The Hall–Kier alpha value is -5.53. The molecule has 1 nitrogen and oxygen atoms in total. The summed E-state index contributed by atoms with van der Waals surface area (Å²) in [6.07, 6.45) is 3.38. The predicted molar refractivity (Wildman–Crippen MR) is 195 cm³/mol. The van der Waals surface area contributed by atoms with Crippen LogP contribution in [0.25, 0.3) is 71.3 Å². The molecule has 0 aliphatic heterocycles. The van der Waals surface area contributed by atoms with E-state index in [1.54, 1.807) is 6.20 Å². The first kappa shape index (κ1) is 27.0. The van der Waals surface area contributed by atoms with Gasteiger partial charge >= 0.3 is 0 Å². The van der Waals surface area contributed by atoms with Crippen molar-refractivity contribution in [1.29, 1.82) is 0 Å². The smallest absolute Gasteiger partial charge is 0.0340 e. The second-order valence-corrected chi connectivity index (χ2v) is 12.5. The molecule has 0 fully saturated rings. The lowest BCUT2D eigenvalue weighted by molar-refractivity contribution is 0.660. The topological polar surface area (TPSA) is 12.4 Å². The number of hydrogen-bond acceptors (Lipinski definition) is 1. The van der Waals surface area contributed by atoms with Crippen molar-refractivity contribution in [2.45, 2.75) is 19.3 Å². The number of hydrogen-bond donors (Lipinski definition) is 0. The summed E-state index contributed by atoms with van der Waals surface area (Å²) < 4.78 is 0. The highest BCUT2D eigenvalue weighted by Crippen LogP contribution is 2.51. The Morgan fingerprint density at radius 1 is 0.578 bits per heavy atom. The highest BCUT2D eigenvalue weighted by atomic mass is 14.7. The van der Waals surface area contributed by atoms with Crippen molar-refractivity contribution in [1.82, 2.24) is 0 Å². The largest absolute Gasteiger partial charge is 0.265 e. The fourth-order valence-corrected chi connectivity index (χ4v) is 7.55. The molecule has 7 aromatic rings. The molecule has 1 aliphatic rings. The van der Waals surface area contributed by atoms with E-state index in [-0.39, 0.29) is 5.41 Å². The van der Waals surface area contributed by atoms with Gasteiger partial charge < -0.3 is 0 Å². The Kier molecular flexibility index (Phi) is 6.18. The van der Waals surface area contributed by atoms with Crippen LogP contribution in [0.1, 0.15) is 30.5 Å². The fraction of sp³-hybridized carbons (Fsp3) is 0.0682. The quantitative estimate of drug-likeness (QED) is 0.143. The van der Waals surface area contributed by atoms with Crippen LogP contribution in [0.15, 0.2) is 152 Å². The lowest BCUT2D eigenvalue weighted by Crippen LogP contribution is -2.14. The van der Waals surface area contributed by atoms with Crippen molar-refractivity contribution >= 4 is 44.1 Å². The number of rotatable bonds is 5. The molecule has 0 saturated heterocycles. The molecular weight excluding hydrogens is 542 g/mol. The fourth-order valence-electron chi connectivity index (χ4n) is 7.55. The van der Waals surface area contributed by atoms with Crippen LogP contribution in [0.2, 0.25) is 0 Å². The second-order valence-electron chi connectivity index (χ2n) is 12.5. The van der Waals surface area contributed by atoms with E-state index in [4.69, 9.17) is 0 Å². The van der Waals surface area contributed by atoms with Gasteiger partial charge in [-0.15, -0.1) is 0 Å². The SMILES string of the molecule is C=C/N=C\C(=C)c1c2ccccc2c(-c2ccc3c(c2)C(C)(C)c2ccccc2-3)c2cc(-c3cccc4ccccc34)ccc12. The van der Waals surface area contributed by atoms with E-state index in [0.29, 0.717) is 0 Å². The third-order valence-electron chi connectivity index (χ3n) is 9.65. The normalized spacial score (nSPS) is 13.4. The lowest BCUT2D eigenvalue weighted by Gasteiger charge is -2.23. The molecule has 0 atom stereocenters. The van der Waals surface area contributed by atoms with Crippen molar-refractivity contribution < 1.29 is 0 Å². The van der Waals surface area contributed by atoms with Crippen LogP contribution in [0.3, 0.4) is 0 Å². The number of aliphatic imine (C=N–C) groups is 1. The molecule has 1 heteroatoms. The maximum atomic E-state index is 4.48. The summed E-state index contributed by atoms with van der Waals surface area (Å²) in [5.41, 5.74) is 12.2. The maximum Gasteiger partial charge on any atom is 0.0340 e. The predicted octanol–water partition coefficient (Wildman–Crippen LogP) is 12.0. The molecule has 7 aromatic carbocycles. The summed E-state index contributed by atoms with van der Waals surface area (Å²) >= 11 is 0. The van der Waals surface area contributed by atoms with Crippen molar-refractivity contribution in [2.75, 3.05) is 0 Å². The zero-order chi connectivity index (χ0) is 30.7. The molecule has 8 rings (SSSR count). The zero-order valence-corrected chi connectivity index (χ0v) is 25.6. The van der Waals surface area contributed by atoms with Crippen LogP contribution in [0, 0.1) is 0 Å². The van der Waals surface area contributed by atoms with Gasteiger partial charge in [-0.05, 0) is 100 Å². The minimum absolute atomic E-state index is 0.0863. The molecule has 0 aromatic heterocycles. The molecule has 0 unspecified atom stereocenters.